The SMILES string of the molecule is CC1(C)C(=O)N(c2ccc(C#N)nc2)C(=O)N1Cc1ccccc1Nc1ccc(F)cc1F. The van der Waals surface area contributed by atoms with Gasteiger partial charge in [-0.25, -0.2) is 23.5 Å². The van der Waals surface area contributed by atoms with Crippen LogP contribution in [-0.2, 0) is 11.3 Å². The summed E-state index contributed by atoms with van der Waals surface area (Å²) in [4.78, 5) is 32.8. The van der Waals surface area contributed by atoms with Crippen LogP contribution >= 0.6 is 0 Å². The summed E-state index contributed by atoms with van der Waals surface area (Å²) < 4.78 is 27.4. The molecule has 0 unspecified atom stereocenters. The summed E-state index contributed by atoms with van der Waals surface area (Å²) in [6, 6.07) is 14.4. The predicted molar refractivity (Wildman–Crippen MR) is 118 cm³/mol. The Morgan fingerprint density at radius 2 is 1.82 bits per heavy atom. The Morgan fingerprint density at radius 1 is 1.06 bits per heavy atom. The zero-order valence-electron chi connectivity index (χ0n) is 17.8. The molecule has 3 amide bonds. The molecule has 0 atom stereocenters. The van der Waals surface area contributed by atoms with E-state index in [2.05, 4.69) is 10.3 Å². The Kier molecular flexibility index (Phi) is 5.52. The molecule has 2 aromatic carbocycles. The van der Waals surface area contributed by atoms with E-state index in [9.17, 15) is 18.4 Å². The first-order chi connectivity index (χ1) is 15.7. The Morgan fingerprint density at radius 3 is 2.48 bits per heavy atom. The van der Waals surface area contributed by atoms with Gasteiger partial charge in [0.25, 0.3) is 5.91 Å². The van der Waals surface area contributed by atoms with E-state index in [-0.39, 0.29) is 23.6 Å². The quantitative estimate of drug-likeness (QED) is 0.572. The smallest absolute Gasteiger partial charge is 0.332 e. The molecule has 1 N–H and O–H groups in total. The largest absolute Gasteiger partial charge is 0.353 e. The molecule has 1 fully saturated rings. The van der Waals surface area contributed by atoms with Gasteiger partial charge in [0.1, 0.15) is 28.9 Å². The topological polar surface area (TPSA) is 89.3 Å². The van der Waals surface area contributed by atoms with Gasteiger partial charge in [0, 0.05) is 11.8 Å². The standard InChI is InChI=1S/C24H19F2N5O2/c1-24(2)22(32)31(18-9-8-17(12-27)28-13-18)23(33)30(24)14-15-5-3-4-6-20(15)29-21-10-7-16(25)11-19(21)26/h3-11,13,29H,14H2,1-2H3. The number of para-hydroxylation sites is 1. The van der Waals surface area contributed by atoms with E-state index < -0.39 is 29.1 Å². The first-order valence-electron chi connectivity index (χ1n) is 10.0. The summed E-state index contributed by atoms with van der Waals surface area (Å²) in [7, 11) is 0. The first kappa shape index (κ1) is 21.9. The van der Waals surface area contributed by atoms with Crippen LogP contribution in [0.1, 0.15) is 25.1 Å². The van der Waals surface area contributed by atoms with Crippen LogP contribution in [0, 0.1) is 23.0 Å². The maximum Gasteiger partial charge on any atom is 0.332 e. The maximum absolute atomic E-state index is 14.2. The van der Waals surface area contributed by atoms with Crippen molar-refractivity contribution in [3.05, 3.63) is 83.7 Å². The van der Waals surface area contributed by atoms with Gasteiger partial charge >= 0.3 is 6.03 Å². The van der Waals surface area contributed by atoms with Gasteiger partial charge < -0.3 is 10.2 Å². The van der Waals surface area contributed by atoms with Gasteiger partial charge in [0.15, 0.2) is 0 Å². The van der Waals surface area contributed by atoms with Crippen LogP contribution < -0.4 is 10.2 Å². The zero-order chi connectivity index (χ0) is 23.8. The number of carbonyl (C=O) groups excluding carboxylic acids is 2. The minimum absolute atomic E-state index is 0.0593. The molecule has 2 heterocycles. The number of rotatable bonds is 5. The van der Waals surface area contributed by atoms with Gasteiger partial charge in [-0.1, -0.05) is 18.2 Å². The molecular formula is C24H19F2N5O2. The lowest BCUT2D eigenvalue weighted by Gasteiger charge is -2.28. The highest BCUT2D eigenvalue weighted by Gasteiger charge is 2.52. The summed E-state index contributed by atoms with van der Waals surface area (Å²) in [5, 5.41) is 11.9. The van der Waals surface area contributed by atoms with E-state index in [0.717, 1.165) is 17.0 Å². The number of halogens is 2. The normalized spacial score (nSPS) is 15.0. The average molecular weight is 447 g/mol. The number of benzene rings is 2. The summed E-state index contributed by atoms with van der Waals surface area (Å²) in [5.74, 6) is -1.88. The fourth-order valence-electron chi connectivity index (χ4n) is 3.60. The van der Waals surface area contributed by atoms with E-state index in [1.165, 1.54) is 29.3 Å². The second-order valence-electron chi connectivity index (χ2n) is 7.99. The van der Waals surface area contributed by atoms with Crippen LogP contribution in [0.2, 0.25) is 0 Å². The molecule has 0 spiro atoms. The number of nitrogens with one attached hydrogen (secondary N) is 1. The van der Waals surface area contributed by atoms with Crippen molar-refractivity contribution in [3.63, 3.8) is 0 Å². The highest BCUT2D eigenvalue weighted by Crippen LogP contribution is 2.34. The lowest BCUT2D eigenvalue weighted by atomic mass is 10.0. The number of imide groups is 1. The molecule has 1 aromatic heterocycles. The van der Waals surface area contributed by atoms with Gasteiger partial charge in [0.2, 0.25) is 0 Å². The van der Waals surface area contributed by atoms with Crippen LogP contribution in [0.5, 0.6) is 0 Å². The van der Waals surface area contributed by atoms with Crippen LogP contribution in [0.4, 0.5) is 30.6 Å². The summed E-state index contributed by atoms with van der Waals surface area (Å²) in [5.41, 5.74) is 0.491. The Hall–Kier alpha value is -4.32. The fourth-order valence-corrected chi connectivity index (χ4v) is 3.60. The number of urea groups is 1. The molecule has 0 bridgehead atoms. The zero-order valence-corrected chi connectivity index (χ0v) is 17.8. The number of nitrogens with zero attached hydrogens (tertiary/aromatic N) is 4. The van der Waals surface area contributed by atoms with Crippen molar-refractivity contribution in [1.29, 1.82) is 5.26 Å². The van der Waals surface area contributed by atoms with E-state index >= 15 is 0 Å². The number of pyridine rings is 1. The van der Waals surface area contributed by atoms with Crippen molar-refractivity contribution >= 4 is 29.0 Å². The molecule has 1 aliphatic heterocycles. The highest BCUT2D eigenvalue weighted by atomic mass is 19.1. The van der Waals surface area contributed by atoms with Gasteiger partial charge in [-0.15, -0.1) is 0 Å². The van der Waals surface area contributed by atoms with Crippen molar-refractivity contribution in [2.75, 3.05) is 10.2 Å². The van der Waals surface area contributed by atoms with Crippen molar-refractivity contribution in [2.45, 2.75) is 25.9 Å². The number of carbonyl (C=O) groups is 2. The molecule has 9 heteroatoms. The van der Waals surface area contributed by atoms with E-state index in [1.807, 2.05) is 6.07 Å². The lowest BCUT2D eigenvalue weighted by molar-refractivity contribution is -0.123. The molecule has 0 aliphatic carbocycles. The third-order valence-corrected chi connectivity index (χ3v) is 5.49. The number of nitriles is 1. The molecule has 0 radical (unpaired) electrons. The minimum Gasteiger partial charge on any atom is -0.353 e. The highest BCUT2D eigenvalue weighted by molar-refractivity contribution is 6.22. The third-order valence-electron chi connectivity index (χ3n) is 5.49. The number of hydrogen-bond donors (Lipinski definition) is 1. The molecule has 1 aliphatic rings. The lowest BCUT2D eigenvalue weighted by Crippen LogP contribution is -2.43. The first-order valence-corrected chi connectivity index (χ1v) is 10.0. The Balaban J connectivity index is 1.64. The second kappa shape index (κ2) is 8.31. The fraction of sp³-hybridized carbons (Fsp3) is 0.167. The molecule has 166 valence electrons. The molecule has 7 nitrogen and oxygen atoms in total. The molecule has 0 saturated carbocycles. The third kappa shape index (κ3) is 3.99. The summed E-state index contributed by atoms with van der Waals surface area (Å²) >= 11 is 0. The maximum atomic E-state index is 14.2. The van der Waals surface area contributed by atoms with E-state index in [4.69, 9.17) is 5.26 Å². The molecule has 1 saturated heterocycles. The molecule has 4 rings (SSSR count). The molecule has 33 heavy (non-hydrogen) atoms. The Labute approximate surface area is 188 Å². The second-order valence-corrected chi connectivity index (χ2v) is 7.99. The van der Waals surface area contributed by atoms with Gasteiger partial charge in [-0.2, -0.15) is 5.26 Å². The summed E-state index contributed by atoms with van der Waals surface area (Å²) in [6.07, 6.45) is 1.31. The minimum atomic E-state index is -1.17. The summed E-state index contributed by atoms with van der Waals surface area (Å²) in [6.45, 7) is 3.34. The predicted octanol–water partition coefficient (Wildman–Crippen LogP) is 4.72. The van der Waals surface area contributed by atoms with Crippen LogP contribution in [-0.4, -0.2) is 27.4 Å². The number of hydrogen-bond acceptors (Lipinski definition) is 5. The van der Waals surface area contributed by atoms with Crippen molar-refractivity contribution in [1.82, 2.24) is 9.88 Å². The van der Waals surface area contributed by atoms with E-state index in [0.29, 0.717) is 11.3 Å². The number of anilines is 3. The number of amides is 3. The Bertz CT molecular complexity index is 1280. The average Bonchev–Trinajstić information content (AvgIpc) is 2.96. The van der Waals surface area contributed by atoms with E-state index in [1.54, 1.807) is 38.1 Å². The van der Waals surface area contributed by atoms with Gasteiger partial charge in [-0.3, -0.25) is 4.79 Å². The molecular weight excluding hydrogens is 428 g/mol. The van der Waals surface area contributed by atoms with Gasteiger partial charge in [0.05, 0.1) is 24.1 Å². The van der Waals surface area contributed by atoms with Crippen molar-refractivity contribution in [2.24, 2.45) is 0 Å². The van der Waals surface area contributed by atoms with Crippen LogP contribution in [0.15, 0.2) is 60.8 Å². The van der Waals surface area contributed by atoms with Crippen LogP contribution in [0.3, 0.4) is 0 Å². The van der Waals surface area contributed by atoms with Crippen molar-refractivity contribution in [3.8, 4) is 6.07 Å². The number of aromatic nitrogens is 1. The monoisotopic (exact) mass is 447 g/mol. The van der Waals surface area contributed by atoms with Crippen LogP contribution in [0.25, 0.3) is 0 Å². The van der Waals surface area contributed by atoms with Gasteiger partial charge in [-0.05, 0) is 49.7 Å². The molecule has 3 aromatic rings. The van der Waals surface area contributed by atoms with Crippen molar-refractivity contribution < 1.29 is 18.4 Å².